The molecule has 1 saturated heterocycles. The summed E-state index contributed by atoms with van der Waals surface area (Å²) in [7, 11) is 0. The van der Waals surface area contributed by atoms with Crippen molar-refractivity contribution in [3.63, 3.8) is 0 Å². The van der Waals surface area contributed by atoms with Gasteiger partial charge >= 0.3 is 0 Å². The van der Waals surface area contributed by atoms with Crippen molar-refractivity contribution < 1.29 is 10.2 Å². The largest absolute Gasteiger partial charge is 0.392 e. The first-order valence-electron chi connectivity index (χ1n) is 9.17. The molecule has 4 aliphatic rings. The quantitative estimate of drug-likeness (QED) is 0.603. The van der Waals surface area contributed by atoms with E-state index in [-0.39, 0.29) is 17.6 Å². The van der Waals surface area contributed by atoms with Gasteiger partial charge in [0, 0.05) is 23.9 Å². The van der Waals surface area contributed by atoms with Gasteiger partial charge in [-0.05, 0) is 49.4 Å². The molecule has 3 aliphatic carbocycles. The number of aliphatic hydroxyl groups is 2. The fourth-order valence-corrected chi connectivity index (χ4v) is 6.36. The summed E-state index contributed by atoms with van der Waals surface area (Å²) in [5.74, 6) is 1.77. The molecule has 0 radical (unpaired) electrons. The van der Waals surface area contributed by atoms with E-state index in [9.17, 15) is 10.2 Å². The molecule has 3 N–H and O–H groups in total. The standard InChI is InChI=1S/C19H31NO2/c1-11-4-5-14-16-15(22)9-12-8-13(21)6-7-18(12,2)17(16)20-10-19(11,14)3/h8,11,13-17,20-22H,4-7,9-10H2,1-3H3/t11-,13-,14?,15-,16?,17?,18-,19+/m0/s1. The van der Waals surface area contributed by atoms with E-state index in [4.69, 9.17) is 0 Å². The molecule has 3 fully saturated rings. The van der Waals surface area contributed by atoms with E-state index in [1.165, 1.54) is 18.4 Å². The monoisotopic (exact) mass is 305 g/mol. The Morgan fingerprint density at radius 3 is 2.73 bits per heavy atom. The Morgan fingerprint density at radius 2 is 1.95 bits per heavy atom. The first kappa shape index (κ1) is 15.2. The molecule has 22 heavy (non-hydrogen) atoms. The number of fused-ring (bicyclic) bond motifs is 5. The lowest BCUT2D eigenvalue weighted by Gasteiger charge is -2.60. The summed E-state index contributed by atoms with van der Waals surface area (Å²) >= 11 is 0. The smallest absolute Gasteiger partial charge is 0.0724 e. The van der Waals surface area contributed by atoms with Crippen molar-refractivity contribution >= 4 is 0 Å². The molecule has 0 bridgehead atoms. The summed E-state index contributed by atoms with van der Waals surface area (Å²) in [6.07, 6.45) is 6.71. The minimum absolute atomic E-state index is 0.121. The maximum Gasteiger partial charge on any atom is 0.0724 e. The molecular weight excluding hydrogens is 274 g/mol. The van der Waals surface area contributed by atoms with E-state index < -0.39 is 0 Å². The second-order valence-electron chi connectivity index (χ2n) is 9.01. The molecule has 0 amide bonds. The molecule has 0 aromatic rings. The first-order chi connectivity index (χ1) is 10.4. The molecule has 0 aromatic heterocycles. The van der Waals surface area contributed by atoms with Crippen LogP contribution in [0, 0.1) is 28.6 Å². The molecule has 3 nitrogen and oxygen atoms in total. The number of hydrogen-bond donors (Lipinski definition) is 3. The lowest BCUT2D eigenvalue weighted by atomic mass is 9.51. The Bertz CT molecular complexity index is 504. The molecule has 2 saturated carbocycles. The highest BCUT2D eigenvalue weighted by atomic mass is 16.3. The predicted molar refractivity (Wildman–Crippen MR) is 87.3 cm³/mol. The minimum Gasteiger partial charge on any atom is -0.392 e. The Hall–Kier alpha value is -0.380. The predicted octanol–water partition coefficient (Wildman–Crippen LogP) is 2.48. The summed E-state index contributed by atoms with van der Waals surface area (Å²) in [6.45, 7) is 8.27. The number of piperidine rings is 1. The third-order valence-electron chi connectivity index (χ3n) is 8.08. The van der Waals surface area contributed by atoms with Gasteiger partial charge in [-0.15, -0.1) is 0 Å². The zero-order valence-electron chi connectivity index (χ0n) is 14.2. The van der Waals surface area contributed by atoms with E-state index in [0.29, 0.717) is 23.3 Å². The van der Waals surface area contributed by atoms with Gasteiger partial charge in [0.1, 0.15) is 0 Å². The average Bonchev–Trinajstić information content (AvgIpc) is 2.77. The van der Waals surface area contributed by atoms with Crippen LogP contribution in [-0.2, 0) is 0 Å². The SMILES string of the molecule is C[C@H]1CCC2C3C(NC[C@@]21C)[C@@]1(C)CC[C@H](O)C=C1C[C@@H]3O. The number of aliphatic hydroxyl groups excluding tert-OH is 2. The summed E-state index contributed by atoms with van der Waals surface area (Å²) < 4.78 is 0. The zero-order valence-corrected chi connectivity index (χ0v) is 14.2. The van der Waals surface area contributed by atoms with Crippen molar-refractivity contribution in [3.05, 3.63) is 11.6 Å². The van der Waals surface area contributed by atoms with Gasteiger partial charge in [0.2, 0.25) is 0 Å². The van der Waals surface area contributed by atoms with Gasteiger partial charge in [-0.3, -0.25) is 0 Å². The lowest BCUT2D eigenvalue weighted by molar-refractivity contribution is -0.0829. The van der Waals surface area contributed by atoms with Crippen molar-refractivity contribution in [3.8, 4) is 0 Å². The maximum atomic E-state index is 10.9. The number of rotatable bonds is 0. The summed E-state index contributed by atoms with van der Waals surface area (Å²) in [6, 6.07) is 0.373. The van der Waals surface area contributed by atoms with Crippen LogP contribution in [0.2, 0.25) is 0 Å². The van der Waals surface area contributed by atoms with E-state index >= 15 is 0 Å². The van der Waals surface area contributed by atoms with E-state index in [2.05, 4.69) is 26.1 Å². The van der Waals surface area contributed by atoms with E-state index in [0.717, 1.165) is 31.7 Å². The van der Waals surface area contributed by atoms with Crippen molar-refractivity contribution in [2.75, 3.05) is 6.54 Å². The van der Waals surface area contributed by atoms with Crippen molar-refractivity contribution in [2.45, 2.75) is 71.1 Å². The summed E-state index contributed by atoms with van der Waals surface area (Å²) in [5, 5.41) is 24.8. The fraction of sp³-hybridized carbons (Fsp3) is 0.895. The van der Waals surface area contributed by atoms with Crippen LogP contribution in [0.15, 0.2) is 11.6 Å². The molecule has 3 heteroatoms. The van der Waals surface area contributed by atoms with Crippen LogP contribution in [0.1, 0.15) is 52.9 Å². The van der Waals surface area contributed by atoms with Crippen LogP contribution < -0.4 is 5.32 Å². The molecule has 0 spiro atoms. The second kappa shape index (κ2) is 4.81. The van der Waals surface area contributed by atoms with Gasteiger partial charge in [0.05, 0.1) is 12.2 Å². The molecule has 0 aromatic carbocycles. The highest BCUT2D eigenvalue weighted by Crippen LogP contribution is 2.60. The molecule has 4 rings (SSSR count). The Morgan fingerprint density at radius 1 is 1.18 bits per heavy atom. The Kier molecular flexibility index (Phi) is 3.32. The normalized spacial score (nSPS) is 57.6. The van der Waals surface area contributed by atoms with Gasteiger partial charge in [-0.1, -0.05) is 32.4 Å². The zero-order chi connectivity index (χ0) is 15.7. The lowest BCUT2D eigenvalue weighted by Crippen LogP contribution is -2.66. The highest BCUT2D eigenvalue weighted by Gasteiger charge is 2.60. The molecule has 1 heterocycles. The van der Waals surface area contributed by atoms with Gasteiger partial charge in [0.15, 0.2) is 0 Å². The second-order valence-corrected chi connectivity index (χ2v) is 9.01. The van der Waals surface area contributed by atoms with Crippen molar-refractivity contribution in [2.24, 2.45) is 28.6 Å². The third kappa shape index (κ3) is 1.85. The fourth-order valence-electron chi connectivity index (χ4n) is 6.36. The van der Waals surface area contributed by atoms with Crippen LogP contribution in [0.5, 0.6) is 0 Å². The van der Waals surface area contributed by atoms with Gasteiger partial charge < -0.3 is 15.5 Å². The minimum atomic E-state index is -0.313. The van der Waals surface area contributed by atoms with Gasteiger partial charge in [-0.25, -0.2) is 0 Å². The maximum absolute atomic E-state index is 10.9. The van der Waals surface area contributed by atoms with E-state index in [1.54, 1.807) is 0 Å². The first-order valence-corrected chi connectivity index (χ1v) is 9.17. The van der Waals surface area contributed by atoms with Crippen LogP contribution in [0.4, 0.5) is 0 Å². The van der Waals surface area contributed by atoms with Crippen LogP contribution >= 0.6 is 0 Å². The van der Waals surface area contributed by atoms with Crippen LogP contribution in [0.3, 0.4) is 0 Å². The number of nitrogens with one attached hydrogen (secondary N) is 1. The molecular formula is C19H31NO2. The van der Waals surface area contributed by atoms with Crippen LogP contribution in [0.25, 0.3) is 0 Å². The van der Waals surface area contributed by atoms with Gasteiger partial charge in [-0.2, -0.15) is 0 Å². The Balaban J connectivity index is 1.72. The van der Waals surface area contributed by atoms with Crippen molar-refractivity contribution in [1.82, 2.24) is 5.32 Å². The van der Waals surface area contributed by atoms with Crippen LogP contribution in [-0.4, -0.2) is 35.0 Å². The van der Waals surface area contributed by atoms with Crippen molar-refractivity contribution in [1.29, 1.82) is 0 Å². The topological polar surface area (TPSA) is 52.5 Å². The average molecular weight is 305 g/mol. The summed E-state index contributed by atoms with van der Waals surface area (Å²) in [5.41, 5.74) is 1.76. The molecule has 1 aliphatic heterocycles. The van der Waals surface area contributed by atoms with E-state index in [1.807, 2.05) is 6.08 Å². The molecule has 124 valence electrons. The highest BCUT2D eigenvalue weighted by molar-refractivity contribution is 5.29. The van der Waals surface area contributed by atoms with Gasteiger partial charge in [0.25, 0.3) is 0 Å². The Labute approximate surface area is 134 Å². The third-order valence-corrected chi connectivity index (χ3v) is 8.08. The molecule has 3 unspecified atom stereocenters. The number of hydrogen-bond acceptors (Lipinski definition) is 3. The summed E-state index contributed by atoms with van der Waals surface area (Å²) in [4.78, 5) is 0. The molecule has 8 atom stereocenters.